The van der Waals surface area contributed by atoms with E-state index in [1.165, 1.54) is 0 Å². The highest BCUT2D eigenvalue weighted by Gasteiger charge is 2.89. The van der Waals surface area contributed by atoms with Gasteiger partial charge in [-0.05, 0) is 6.92 Å². The first-order valence-corrected chi connectivity index (χ1v) is 6.10. The minimum atomic E-state index is -7.67. The molecule has 0 spiro atoms. The molecule has 0 saturated heterocycles. The molecule has 0 aliphatic rings. The lowest BCUT2D eigenvalue weighted by atomic mass is 9.92. The fraction of sp³-hybridized carbons (Fsp3) is 1.00. The first-order chi connectivity index (χ1) is 9.19. The Morgan fingerprint density at radius 3 is 1.09 bits per heavy atom. The number of rotatable bonds is 6. The molecule has 14 heteroatoms. The summed E-state index contributed by atoms with van der Waals surface area (Å²) in [4.78, 5) is 0. The smallest absolute Gasteiger partial charge is 0.241 e. The third kappa shape index (κ3) is 2.56. The van der Waals surface area contributed by atoms with Crippen LogP contribution in [0.1, 0.15) is 6.92 Å². The molecule has 0 saturated carbocycles. The molecule has 0 aromatic heterocycles. The normalized spacial score (nSPS) is 17.7. The SMILES string of the molecule is CC(F)C(F)(F)C(F)(F)C(F)(F)C(F)(F)C(F)(F)C(F)(F)[SiH3]. The van der Waals surface area contributed by atoms with Crippen LogP contribution in [-0.4, -0.2) is 51.6 Å². The molecule has 0 nitrogen and oxygen atoms in total. The van der Waals surface area contributed by atoms with Crippen LogP contribution in [-0.2, 0) is 0 Å². The van der Waals surface area contributed by atoms with Crippen LogP contribution in [0.3, 0.4) is 0 Å². The van der Waals surface area contributed by atoms with Gasteiger partial charge in [-0.3, -0.25) is 0 Å². The van der Waals surface area contributed by atoms with Crippen LogP contribution in [0.4, 0.5) is 57.1 Å². The van der Waals surface area contributed by atoms with Crippen LogP contribution in [0.15, 0.2) is 0 Å². The van der Waals surface area contributed by atoms with Crippen molar-refractivity contribution in [3.8, 4) is 0 Å². The lowest BCUT2D eigenvalue weighted by Crippen LogP contribution is -2.71. The van der Waals surface area contributed by atoms with E-state index in [0.29, 0.717) is 0 Å². The highest BCUT2D eigenvalue weighted by Crippen LogP contribution is 2.60. The quantitative estimate of drug-likeness (QED) is 0.491. The largest absolute Gasteiger partial charge is 0.384 e. The zero-order valence-corrected chi connectivity index (χ0v) is 12.5. The molecule has 134 valence electrons. The van der Waals surface area contributed by atoms with Crippen LogP contribution in [0.5, 0.6) is 0 Å². The lowest BCUT2D eigenvalue weighted by Gasteiger charge is -2.41. The van der Waals surface area contributed by atoms with Crippen molar-refractivity contribution in [3.63, 3.8) is 0 Å². The first-order valence-electron chi connectivity index (χ1n) is 5.10. The Morgan fingerprint density at radius 1 is 0.591 bits per heavy atom. The number of alkyl halides is 13. The van der Waals surface area contributed by atoms with Crippen LogP contribution >= 0.6 is 0 Å². The van der Waals surface area contributed by atoms with E-state index in [1.54, 1.807) is 0 Å². The standard InChI is InChI=1S/C8H7F13Si/c1-2(9)3(10,11)4(12,13)5(14,15)6(16,17)7(18,19)8(20,21)22/h2H,1,22H3. The van der Waals surface area contributed by atoms with Gasteiger partial charge in [0.25, 0.3) is 5.55 Å². The van der Waals surface area contributed by atoms with Crippen molar-refractivity contribution in [3.05, 3.63) is 0 Å². The van der Waals surface area contributed by atoms with Crippen LogP contribution < -0.4 is 0 Å². The van der Waals surface area contributed by atoms with E-state index in [9.17, 15) is 57.1 Å². The topological polar surface area (TPSA) is 0 Å². The van der Waals surface area contributed by atoms with Crippen molar-refractivity contribution in [2.75, 3.05) is 0 Å². The van der Waals surface area contributed by atoms with Crippen molar-refractivity contribution in [2.24, 2.45) is 0 Å². The average Bonchev–Trinajstić information content (AvgIpc) is 2.25. The second-order valence-corrected chi connectivity index (χ2v) is 5.68. The van der Waals surface area contributed by atoms with Crippen LogP contribution in [0.25, 0.3) is 0 Å². The van der Waals surface area contributed by atoms with Gasteiger partial charge in [-0.25, -0.2) is 13.2 Å². The molecule has 0 aromatic rings. The fourth-order valence-electron chi connectivity index (χ4n) is 1.13. The Balaban J connectivity index is 6.24. The van der Waals surface area contributed by atoms with Gasteiger partial charge in [0.15, 0.2) is 6.17 Å². The molecule has 0 aliphatic carbocycles. The van der Waals surface area contributed by atoms with Crippen molar-refractivity contribution in [2.45, 2.75) is 48.3 Å². The summed E-state index contributed by atoms with van der Waals surface area (Å²) in [5.74, 6) is -36.2. The Hall–Kier alpha value is -0.693. The van der Waals surface area contributed by atoms with Gasteiger partial charge in [0.1, 0.15) is 0 Å². The maximum absolute atomic E-state index is 12.9. The molecule has 0 rings (SSSR count). The zero-order chi connectivity index (χ0) is 18.6. The van der Waals surface area contributed by atoms with E-state index < -0.39 is 58.5 Å². The molecule has 0 bridgehead atoms. The van der Waals surface area contributed by atoms with Crippen LogP contribution in [0, 0.1) is 0 Å². The van der Waals surface area contributed by atoms with Crippen molar-refractivity contribution >= 4 is 10.2 Å². The summed E-state index contributed by atoms with van der Waals surface area (Å²) in [5.41, 5.74) is -5.83. The van der Waals surface area contributed by atoms with E-state index in [-0.39, 0.29) is 0 Å². The van der Waals surface area contributed by atoms with E-state index >= 15 is 0 Å². The lowest BCUT2D eigenvalue weighted by molar-refractivity contribution is -0.421. The van der Waals surface area contributed by atoms with E-state index in [0.717, 1.165) is 0 Å². The summed E-state index contributed by atoms with van der Waals surface area (Å²) < 4.78 is 165. The number of halogens is 13. The summed E-state index contributed by atoms with van der Waals surface area (Å²) in [6.07, 6.45) is -4.16. The summed E-state index contributed by atoms with van der Waals surface area (Å²) in [5, 5.41) is 0. The van der Waals surface area contributed by atoms with Gasteiger partial charge in [-0.15, -0.1) is 0 Å². The molecule has 0 N–H and O–H groups in total. The molecular formula is C8H7F13Si. The molecule has 1 atom stereocenters. The molecule has 0 aromatic carbocycles. The fourth-order valence-corrected chi connectivity index (χ4v) is 1.44. The predicted octanol–water partition coefficient (Wildman–Crippen LogP) is 3.48. The first kappa shape index (κ1) is 21.3. The molecule has 0 amide bonds. The number of hydrogen-bond donors (Lipinski definition) is 0. The highest BCUT2D eigenvalue weighted by atomic mass is 28.1. The van der Waals surface area contributed by atoms with E-state index in [4.69, 9.17) is 0 Å². The van der Waals surface area contributed by atoms with Gasteiger partial charge in [0.2, 0.25) is 0 Å². The van der Waals surface area contributed by atoms with E-state index in [2.05, 4.69) is 0 Å². The van der Waals surface area contributed by atoms with E-state index in [1.807, 2.05) is 0 Å². The highest BCUT2D eigenvalue weighted by molar-refractivity contribution is 6.14. The Morgan fingerprint density at radius 2 is 0.864 bits per heavy atom. The van der Waals surface area contributed by atoms with Crippen molar-refractivity contribution in [1.82, 2.24) is 0 Å². The molecular weight excluding hydrogens is 371 g/mol. The van der Waals surface area contributed by atoms with Crippen molar-refractivity contribution in [1.29, 1.82) is 0 Å². The molecule has 1 unspecified atom stereocenters. The van der Waals surface area contributed by atoms with Crippen molar-refractivity contribution < 1.29 is 57.1 Å². The molecule has 22 heavy (non-hydrogen) atoms. The second-order valence-electron chi connectivity index (χ2n) is 4.42. The van der Waals surface area contributed by atoms with Gasteiger partial charge >= 0.3 is 29.6 Å². The maximum atomic E-state index is 12.9. The van der Waals surface area contributed by atoms with Gasteiger partial charge in [-0.1, -0.05) is 0 Å². The minimum absolute atomic E-state index is 0.429. The summed E-state index contributed by atoms with van der Waals surface area (Å²) in [7, 11) is -2.18. The summed E-state index contributed by atoms with van der Waals surface area (Å²) in [6, 6.07) is 0. The molecule has 0 fully saturated rings. The average molecular weight is 378 g/mol. The maximum Gasteiger partial charge on any atom is 0.384 e. The van der Waals surface area contributed by atoms with Gasteiger partial charge in [-0.2, -0.15) is 43.9 Å². The minimum Gasteiger partial charge on any atom is -0.241 e. The second kappa shape index (κ2) is 5.16. The molecule has 0 radical (unpaired) electrons. The number of hydrogen-bond acceptors (Lipinski definition) is 0. The monoisotopic (exact) mass is 378 g/mol. The Bertz CT molecular complexity index is 407. The Labute approximate surface area is 117 Å². The van der Waals surface area contributed by atoms with Crippen LogP contribution in [0.2, 0.25) is 0 Å². The van der Waals surface area contributed by atoms with Gasteiger partial charge in [0, 0.05) is 0 Å². The predicted molar refractivity (Wildman–Crippen MR) is 50.2 cm³/mol. The van der Waals surface area contributed by atoms with Gasteiger partial charge in [0.05, 0.1) is 10.2 Å². The summed E-state index contributed by atoms with van der Waals surface area (Å²) >= 11 is 0. The third-order valence-corrected chi connectivity index (χ3v) is 3.28. The zero-order valence-electron chi connectivity index (χ0n) is 10.5. The Kier molecular flexibility index (Phi) is 5.00. The molecule has 0 heterocycles. The van der Waals surface area contributed by atoms with Gasteiger partial charge < -0.3 is 0 Å². The molecule has 0 aliphatic heterocycles. The third-order valence-electron chi connectivity index (χ3n) is 2.65. The summed E-state index contributed by atoms with van der Waals surface area (Å²) in [6.45, 7) is -0.429.